The van der Waals surface area contributed by atoms with Crippen LogP contribution in [-0.4, -0.2) is 61.5 Å². The Bertz CT molecular complexity index is 279. The van der Waals surface area contributed by atoms with Crippen LogP contribution in [0, 0.1) is 5.92 Å². The molecule has 0 spiro atoms. The maximum absolute atomic E-state index is 12.3. The summed E-state index contributed by atoms with van der Waals surface area (Å²) in [5.41, 5.74) is 0. The minimum Gasteiger partial charge on any atom is -0.340 e. The minimum absolute atomic E-state index is 0.392. The van der Waals surface area contributed by atoms with Gasteiger partial charge in [-0.1, -0.05) is 6.92 Å². The molecule has 19 heavy (non-hydrogen) atoms. The number of carbonyl (C=O) groups excluding carboxylic acids is 1. The average Bonchev–Trinajstić information content (AvgIpc) is 2.48. The molecular weight excluding hydrogens is 238 g/mol. The number of hydrogen-bond donors (Lipinski definition) is 1. The monoisotopic (exact) mass is 267 g/mol. The Balaban J connectivity index is 1.70. The van der Waals surface area contributed by atoms with Gasteiger partial charge in [0, 0.05) is 38.6 Å². The predicted molar refractivity (Wildman–Crippen MR) is 78.1 cm³/mol. The van der Waals surface area contributed by atoms with E-state index in [4.69, 9.17) is 0 Å². The van der Waals surface area contributed by atoms with Crippen LogP contribution in [0.25, 0.3) is 0 Å². The molecule has 0 aromatic carbocycles. The first-order valence-electron chi connectivity index (χ1n) is 7.90. The number of piperazine rings is 1. The van der Waals surface area contributed by atoms with Crippen molar-refractivity contribution >= 4 is 5.91 Å². The smallest absolute Gasteiger partial charge is 0.222 e. The average molecular weight is 267 g/mol. The van der Waals surface area contributed by atoms with E-state index in [0.29, 0.717) is 17.9 Å². The topological polar surface area (TPSA) is 35.6 Å². The molecule has 0 unspecified atom stereocenters. The molecule has 2 fully saturated rings. The Morgan fingerprint density at radius 3 is 2.26 bits per heavy atom. The van der Waals surface area contributed by atoms with Crippen LogP contribution in [0.3, 0.4) is 0 Å². The lowest BCUT2D eigenvalue weighted by Crippen LogP contribution is -2.48. The van der Waals surface area contributed by atoms with Crippen molar-refractivity contribution in [3.05, 3.63) is 0 Å². The van der Waals surface area contributed by atoms with Gasteiger partial charge in [0.15, 0.2) is 0 Å². The number of nitrogens with one attached hydrogen (secondary N) is 1. The van der Waals surface area contributed by atoms with Crippen LogP contribution < -0.4 is 5.32 Å². The van der Waals surface area contributed by atoms with Gasteiger partial charge in [0.1, 0.15) is 0 Å². The summed E-state index contributed by atoms with van der Waals surface area (Å²) in [4.78, 5) is 16.8. The third kappa shape index (κ3) is 4.18. The number of amides is 1. The zero-order valence-electron chi connectivity index (χ0n) is 12.5. The van der Waals surface area contributed by atoms with E-state index in [0.717, 1.165) is 39.1 Å². The van der Waals surface area contributed by atoms with Gasteiger partial charge in [-0.05, 0) is 45.2 Å². The third-order valence-corrected chi connectivity index (χ3v) is 4.89. The van der Waals surface area contributed by atoms with Gasteiger partial charge in [-0.2, -0.15) is 0 Å². The highest BCUT2D eigenvalue weighted by molar-refractivity contribution is 5.76. The van der Waals surface area contributed by atoms with Gasteiger partial charge in [-0.15, -0.1) is 0 Å². The largest absolute Gasteiger partial charge is 0.340 e. The van der Waals surface area contributed by atoms with Gasteiger partial charge in [0.05, 0.1) is 0 Å². The standard InChI is InChI=1S/C15H29N3O/c1-3-17-8-10-18(11-9-17)15(19)12-13-4-6-14(16-2)7-5-13/h13-14,16H,3-12H2,1-2H3. The van der Waals surface area contributed by atoms with Crippen molar-refractivity contribution < 1.29 is 4.79 Å². The van der Waals surface area contributed by atoms with Crippen molar-refractivity contribution in [1.29, 1.82) is 0 Å². The lowest BCUT2D eigenvalue weighted by atomic mass is 9.84. The zero-order chi connectivity index (χ0) is 13.7. The molecule has 2 aliphatic rings. The zero-order valence-corrected chi connectivity index (χ0v) is 12.5. The van der Waals surface area contributed by atoms with E-state index in [1.807, 2.05) is 7.05 Å². The molecule has 4 nitrogen and oxygen atoms in total. The first kappa shape index (κ1) is 14.8. The molecular formula is C15H29N3O. The molecule has 0 aromatic heterocycles. The minimum atomic E-state index is 0.392. The molecule has 1 saturated heterocycles. The van der Waals surface area contributed by atoms with Crippen LogP contribution in [-0.2, 0) is 4.79 Å². The Labute approximate surface area is 117 Å². The fourth-order valence-corrected chi connectivity index (χ4v) is 3.34. The van der Waals surface area contributed by atoms with Crippen LogP contribution in [0.1, 0.15) is 39.0 Å². The Hall–Kier alpha value is -0.610. The molecule has 4 heteroatoms. The van der Waals surface area contributed by atoms with E-state index in [1.54, 1.807) is 0 Å². The van der Waals surface area contributed by atoms with E-state index < -0.39 is 0 Å². The number of nitrogens with zero attached hydrogens (tertiary/aromatic N) is 2. The molecule has 1 aliphatic carbocycles. The van der Waals surface area contributed by atoms with Crippen molar-refractivity contribution in [2.24, 2.45) is 5.92 Å². The van der Waals surface area contributed by atoms with E-state index in [1.165, 1.54) is 25.7 Å². The SMILES string of the molecule is CCN1CCN(C(=O)CC2CCC(NC)CC2)CC1. The molecule has 2 rings (SSSR count). The van der Waals surface area contributed by atoms with Crippen molar-refractivity contribution in [3.63, 3.8) is 0 Å². The summed E-state index contributed by atoms with van der Waals surface area (Å²) in [5, 5.41) is 3.35. The summed E-state index contributed by atoms with van der Waals surface area (Å²) in [6.45, 7) is 7.26. The Kier molecular flexibility index (Phi) is 5.64. The first-order chi connectivity index (χ1) is 9.22. The molecule has 110 valence electrons. The van der Waals surface area contributed by atoms with E-state index in [9.17, 15) is 4.79 Å². The summed E-state index contributed by atoms with van der Waals surface area (Å²) in [5.74, 6) is 1.02. The molecule has 0 radical (unpaired) electrons. The molecule has 0 bridgehead atoms. The van der Waals surface area contributed by atoms with Gasteiger partial charge >= 0.3 is 0 Å². The molecule has 1 saturated carbocycles. The predicted octanol–water partition coefficient (Wildman–Crippen LogP) is 1.32. The first-order valence-corrected chi connectivity index (χ1v) is 7.90. The summed E-state index contributed by atoms with van der Waals surface area (Å²) >= 11 is 0. The Morgan fingerprint density at radius 2 is 1.74 bits per heavy atom. The Morgan fingerprint density at radius 1 is 1.11 bits per heavy atom. The summed E-state index contributed by atoms with van der Waals surface area (Å²) < 4.78 is 0. The van der Waals surface area contributed by atoms with Gasteiger partial charge in [-0.3, -0.25) is 4.79 Å². The lowest BCUT2D eigenvalue weighted by Gasteiger charge is -2.35. The number of rotatable bonds is 4. The van der Waals surface area contributed by atoms with Gasteiger partial charge in [-0.25, -0.2) is 0 Å². The van der Waals surface area contributed by atoms with E-state index >= 15 is 0 Å². The van der Waals surface area contributed by atoms with Crippen molar-refractivity contribution in [2.45, 2.75) is 45.1 Å². The maximum atomic E-state index is 12.3. The van der Waals surface area contributed by atoms with Crippen LogP contribution in [0.15, 0.2) is 0 Å². The van der Waals surface area contributed by atoms with E-state index in [2.05, 4.69) is 22.0 Å². The normalized spacial score (nSPS) is 29.5. The molecule has 1 aliphatic heterocycles. The second kappa shape index (κ2) is 7.25. The van der Waals surface area contributed by atoms with Crippen LogP contribution in [0.2, 0.25) is 0 Å². The second-order valence-electron chi connectivity index (χ2n) is 6.03. The van der Waals surface area contributed by atoms with Gasteiger partial charge in [0.2, 0.25) is 5.91 Å². The van der Waals surface area contributed by atoms with Gasteiger partial charge in [0.25, 0.3) is 0 Å². The molecule has 1 heterocycles. The fraction of sp³-hybridized carbons (Fsp3) is 0.933. The second-order valence-corrected chi connectivity index (χ2v) is 6.03. The lowest BCUT2D eigenvalue weighted by molar-refractivity contribution is -0.134. The highest BCUT2D eigenvalue weighted by Gasteiger charge is 2.25. The highest BCUT2D eigenvalue weighted by atomic mass is 16.2. The number of hydrogen-bond acceptors (Lipinski definition) is 3. The summed E-state index contributed by atoms with van der Waals surface area (Å²) in [6, 6.07) is 0.680. The van der Waals surface area contributed by atoms with Crippen LogP contribution in [0.5, 0.6) is 0 Å². The number of likely N-dealkylation sites (N-methyl/N-ethyl adjacent to an activating group) is 1. The van der Waals surface area contributed by atoms with Crippen LogP contribution >= 0.6 is 0 Å². The fourth-order valence-electron chi connectivity index (χ4n) is 3.34. The third-order valence-electron chi connectivity index (χ3n) is 4.89. The maximum Gasteiger partial charge on any atom is 0.222 e. The molecule has 1 N–H and O–H groups in total. The van der Waals surface area contributed by atoms with Crippen molar-refractivity contribution in [2.75, 3.05) is 39.8 Å². The molecule has 0 aromatic rings. The van der Waals surface area contributed by atoms with E-state index in [-0.39, 0.29) is 0 Å². The quantitative estimate of drug-likeness (QED) is 0.834. The summed E-state index contributed by atoms with van der Waals surface area (Å²) in [7, 11) is 2.04. The van der Waals surface area contributed by atoms with Crippen molar-refractivity contribution in [1.82, 2.24) is 15.1 Å². The van der Waals surface area contributed by atoms with Crippen LogP contribution in [0.4, 0.5) is 0 Å². The molecule has 1 amide bonds. The van der Waals surface area contributed by atoms with Crippen molar-refractivity contribution in [3.8, 4) is 0 Å². The highest BCUT2D eigenvalue weighted by Crippen LogP contribution is 2.27. The van der Waals surface area contributed by atoms with Gasteiger partial charge < -0.3 is 15.1 Å². The summed E-state index contributed by atoms with van der Waals surface area (Å²) in [6.07, 6.45) is 5.68. The number of carbonyl (C=O) groups is 1. The molecule has 0 atom stereocenters.